The molecule has 68 valence electrons. The van der Waals surface area contributed by atoms with Crippen molar-refractivity contribution in [3.05, 3.63) is 24.0 Å². The Labute approximate surface area is 79.7 Å². The van der Waals surface area contributed by atoms with Crippen LogP contribution in [0.5, 0.6) is 0 Å². The van der Waals surface area contributed by atoms with Gasteiger partial charge in [0.25, 0.3) is 0 Å². The Bertz CT molecular complexity index is 368. The number of rotatable bonds is 3. The molecule has 0 bridgehead atoms. The van der Waals surface area contributed by atoms with Gasteiger partial charge in [-0.15, -0.1) is 0 Å². The van der Waals surface area contributed by atoms with Crippen molar-refractivity contribution < 1.29 is 5.11 Å². The second-order valence-electron chi connectivity index (χ2n) is 2.58. The third-order valence-electron chi connectivity index (χ3n) is 1.75. The van der Waals surface area contributed by atoms with E-state index in [1.54, 1.807) is 12.4 Å². The maximum atomic E-state index is 8.80. The Morgan fingerprint density at radius 1 is 1.54 bits per heavy atom. The van der Waals surface area contributed by atoms with E-state index in [1.165, 1.54) is 11.5 Å². The third-order valence-corrected chi connectivity index (χ3v) is 2.33. The molecule has 0 fully saturated rings. The minimum atomic E-state index is 0.126. The van der Waals surface area contributed by atoms with E-state index in [2.05, 4.69) is 9.36 Å². The Kier molecular flexibility index (Phi) is 2.37. The third kappa shape index (κ3) is 1.61. The van der Waals surface area contributed by atoms with Crippen molar-refractivity contribution in [3.63, 3.8) is 0 Å². The maximum absolute atomic E-state index is 8.80. The van der Waals surface area contributed by atoms with E-state index in [9.17, 15) is 0 Å². The molecule has 0 spiro atoms. The number of aliphatic hydroxyl groups is 1. The summed E-state index contributed by atoms with van der Waals surface area (Å²) < 4.78 is 5.91. The molecule has 0 amide bonds. The van der Waals surface area contributed by atoms with Crippen LogP contribution < -0.4 is 0 Å². The van der Waals surface area contributed by atoms with Crippen molar-refractivity contribution in [1.29, 1.82) is 0 Å². The Balaban J connectivity index is 2.35. The predicted octanol–water partition coefficient (Wildman–Crippen LogP) is 0.999. The van der Waals surface area contributed by atoms with Gasteiger partial charge < -0.3 is 9.67 Å². The van der Waals surface area contributed by atoms with E-state index in [-0.39, 0.29) is 6.61 Å². The molecule has 0 aromatic carbocycles. The smallest absolute Gasteiger partial charge is 0.142 e. The van der Waals surface area contributed by atoms with Gasteiger partial charge in [0.05, 0.1) is 12.8 Å². The van der Waals surface area contributed by atoms with E-state index < -0.39 is 0 Å². The van der Waals surface area contributed by atoms with Gasteiger partial charge in [0.15, 0.2) is 0 Å². The molecule has 5 heteroatoms. The first-order valence-corrected chi connectivity index (χ1v) is 4.77. The first kappa shape index (κ1) is 8.40. The quantitative estimate of drug-likeness (QED) is 0.794. The summed E-state index contributed by atoms with van der Waals surface area (Å²) in [5.74, 6) is 0.864. The van der Waals surface area contributed by atoms with Crippen molar-refractivity contribution in [2.75, 3.05) is 6.61 Å². The van der Waals surface area contributed by atoms with Crippen LogP contribution in [0.4, 0.5) is 0 Å². The molecule has 0 saturated heterocycles. The predicted molar refractivity (Wildman–Crippen MR) is 50.4 cm³/mol. The molecule has 4 nitrogen and oxygen atoms in total. The Morgan fingerprint density at radius 3 is 3.15 bits per heavy atom. The molecule has 0 saturated carbocycles. The van der Waals surface area contributed by atoms with Gasteiger partial charge in [-0.25, -0.2) is 9.36 Å². The van der Waals surface area contributed by atoms with Crippen LogP contribution in [0.15, 0.2) is 24.0 Å². The summed E-state index contributed by atoms with van der Waals surface area (Å²) in [7, 11) is 0. The first-order valence-electron chi connectivity index (χ1n) is 3.93. The zero-order valence-corrected chi connectivity index (χ0v) is 7.74. The van der Waals surface area contributed by atoms with Gasteiger partial charge in [-0.3, -0.25) is 0 Å². The number of hydrogen-bond acceptors (Lipinski definition) is 4. The molecule has 0 aliphatic carbocycles. The van der Waals surface area contributed by atoms with Gasteiger partial charge in [-0.05, 0) is 11.5 Å². The van der Waals surface area contributed by atoms with Crippen LogP contribution in [-0.2, 0) is 6.54 Å². The highest BCUT2D eigenvalue weighted by Gasteiger charge is 2.05. The number of hydrogen-bond donors (Lipinski definition) is 1. The van der Waals surface area contributed by atoms with Crippen LogP contribution in [-0.4, -0.2) is 25.6 Å². The molecule has 0 unspecified atom stereocenters. The molecule has 0 radical (unpaired) electrons. The molecular weight excluding hydrogens is 186 g/mol. The number of aliphatic hydroxyl groups excluding tert-OH is 1. The number of imidazole rings is 1. The van der Waals surface area contributed by atoms with Crippen molar-refractivity contribution in [3.8, 4) is 11.4 Å². The average molecular weight is 195 g/mol. The lowest BCUT2D eigenvalue weighted by Gasteiger charge is -2.02. The number of aromatic nitrogens is 3. The van der Waals surface area contributed by atoms with Crippen molar-refractivity contribution in [1.82, 2.24) is 13.9 Å². The fraction of sp³-hybridized carbons (Fsp3) is 0.250. The Morgan fingerprint density at radius 2 is 2.46 bits per heavy atom. The van der Waals surface area contributed by atoms with Crippen LogP contribution in [0.25, 0.3) is 11.4 Å². The van der Waals surface area contributed by atoms with Gasteiger partial charge in [0.1, 0.15) is 5.82 Å². The molecule has 2 heterocycles. The fourth-order valence-corrected chi connectivity index (χ4v) is 1.69. The topological polar surface area (TPSA) is 50.9 Å². The van der Waals surface area contributed by atoms with Gasteiger partial charge in [-0.1, -0.05) is 0 Å². The van der Waals surface area contributed by atoms with Gasteiger partial charge in [0, 0.05) is 29.9 Å². The minimum absolute atomic E-state index is 0.126. The summed E-state index contributed by atoms with van der Waals surface area (Å²) in [5.41, 5.74) is 1.00. The highest BCUT2D eigenvalue weighted by molar-refractivity contribution is 7.03. The highest BCUT2D eigenvalue weighted by Crippen LogP contribution is 2.17. The van der Waals surface area contributed by atoms with Crippen LogP contribution >= 0.6 is 11.5 Å². The molecule has 1 N–H and O–H groups in total. The van der Waals surface area contributed by atoms with E-state index in [0.29, 0.717) is 6.54 Å². The zero-order valence-electron chi connectivity index (χ0n) is 6.92. The van der Waals surface area contributed by atoms with E-state index in [0.717, 1.165) is 11.4 Å². The van der Waals surface area contributed by atoms with Crippen LogP contribution in [0.2, 0.25) is 0 Å². The lowest BCUT2D eigenvalue weighted by Crippen LogP contribution is -2.02. The largest absolute Gasteiger partial charge is 0.395 e. The summed E-state index contributed by atoms with van der Waals surface area (Å²) in [6, 6.07) is 0. The minimum Gasteiger partial charge on any atom is -0.395 e. The first-order chi connectivity index (χ1) is 6.42. The van der Waals surface area contributed by atoms with Crippen molar-refractivity contribution >= 4 is 11.5 Å². The molecular formula is C8H9N3OS. The van der Waals surface area contributed by atoms with Gasteiger partial charge in [0.2, 0.25) is 0 Å². The molecule has 0 aliphatic rings. The number of nitrogens with zero attached hydrogens (tertiary/aromatic N) is 3. The summed E-state index contributed by atoms with van der Waals surface area (Å²) in [6.45, 7) is 0.701. The second kappa shape index (κ2) is 3.68. The van der Waals surface area contributed by atoms with Crippen molar-refractivity contribution in [2.24, 2.45) is 0 Å². The zero-order chi connectivity index (χ0) is 9.10. The van der Waals surface area contributed by atoms with E-state index >= 15 is 0 Å². The SMILES string of the molecule is OCCn1ccnc1-c1cnsc1. The van der Waals surface area contributed by atoms with Gasteiger partial charge in [-0.2, -0.15) is 0 Å². The Hall–Kier alpha value is -1.20. The standard InChI is InChI=1S/C8H9N3OS/c12-4-3-11-2-1-9-8(11)7-5-10-13-6-7/h1-2,5-6,12H,3-4H2. The van der Waals surface area contributed by atoms with Crippen molar-refractivity contribution in [2.45, 2.75) is 6.54 Å². The molecule has 13 heavy (non-hydrogen) atoms. The van der Waals surface area contributed by atoms with Gasteiger partial charge >= 0.3 is 0 Å². The summed E-state index contributed by atoms with van der Waals surface area (Å²) in [4.78, 5) is 4.20. The fourth-order valence-electron chi connectivity index (χ4n) is 1.17. The van der Waals surface area contributed by atoms with Crippen LogP contribution in [0.3, 0.4) is 0 Å². The van der Waals surface area contributed by atoms with E-state index in [4.69, 9.17) is 5.11 Å². The van der Waals surface area contributed by atoms with Crippen LogP contribution in [0.1, 0.15) is 0 Å². The molecule has 0 atom stereocenters. The summed E-state index contributed by atoms with van der Waals surface area (Å²) in [5, 5.41) is 10.7. The van der Waals surface area contributed by atoms with Crippen LogP contribution in [0, 0.1) is 0 Å². The lowest BCUT2D eigenvalue weighted by atomic mass is 10.3. The molecule has 2 aromatic rings. The second-order valence-corrected chi connectivity index (χ2v) is 3.24. The molecule has 2 aromatic heterocycles. The average Bonchev–Trinajstić information content (AvgIpc) is 2.71. The summed E-state index contributed by atoms with van der Waals surface area (Å²) in [6.07, 6.45) is 5.35. The monoisotopic (exact) mass is 195 g/mol. The summed E-state index contributed by atoms with van der Waals surface area (Å²) >= 11 is 1.40. The normalized spacial score (nSPS) is 10.5. The van der Waals surface area contributed by atoms with E-state index in [1.807, 2.05) is 16.1 Å². The lowest BCUT2D eigenvalue weighted by molar-refractivity contribution is 0.277. The highest BCUT2D eigenvalue weighted by atomic mass is 32.1. The maximum Gasteiger partial charge on any atom is 0.142 e. The molecule has 0 aliphatic heterocycles. The molecule has 2 rings (SSSR count).